The van der Waals surface area contributed by atoms with Crippen LogP contribution in [0.2, 0.25) is 0 Å². The van der Waals surface area contributed by atoms with Crippen molar-refractivity contribution in [3.8, 4) is 0 Å². The van der Waals surface area contributed by atoms with Gasteiger partial charge in [0.25, 0.3) is 0 Å². The van der Waals surface area contributed by atoms with Crippen LogP contribution in [0.3, 0.4) is 0 Å². The van der Waals surface area contributed by atoms with E-state index in [1.54, 1.807) is 94.8 Å². The Morgan fingerprint density at radius 1 is 0.775 bits per heavy atom. The molecule has 12 atom stereocenters. The van der Waals surface area contributed by atoms with E-state index in [4.69, 9.17) is 25.7 Å². The molecule has 2 aromatic carbocycles. The lowest BCUT2D eigenvalue weighted by Crippen LogP contribution is -2.60. The molecule has 1 saturated heterocycles. The van der Waals surface area contributed by atoms with Gasteiger partial charge in [0.2, 0.25) is 35.4 Å². The van der Waals surface area contributed by atoms with Gasteiger partial charge in [0.15, 0.2) is 0 Å². The number of nitrogens with zero attached hydrogens (tertiary/aromatic N) is 3. The fourth-order valence-corrected chi connectivity index (χ4v) is 10.2. The van der Waals surface area contributed by atoms with E-state index in [9.17, 15) is 43.5 Å². The third kappa shape index (κ3) is 19.4. The second-order valence-corrected chi connectivity index (χ2v) is 22.3. The van der Waals surface area contributed by atoms with E-state index in [-0.39, 0.29) is 49.6 Å². The molecule has 1 heterocycles. The number of amides is 9. The van der Waals surface area contributed by atoms with Gasteiger partial charge in [-0.15, -0.1) is 0 Å². The Morgan fingerprint density at radius 3 is 1.96 bits per heavy atom. The molecule has 0 spiro atoms. The number of carbonyl (C=O) groups excluding carboxylic acids is 8. The summed E-state index contributed by atoms with van der Waals surface area (Å²) in [4.78, 5) is 112. The molecule has 80 heavy (non-hydrogen) atoms. The normalized spacial score (nSPS) is 17.6. The van der Waals surface area contributed by atoms with Crippen molar-refractivity contribution in [2.75, 3.05) is 46.7 Å². The van der Waals surface area contributed by atoms with Crippen LogP contribution in [-0.2, 0) is 49.6 Å². The number of nitrogens with two attached hydrogens (primary N) is 2. The van der Waals surface area contributed by atoms with Gasteiger partial charge in [-0.1, -0.05) is 111 Å². The lowest BCUT2D eigenvalue weighted by atomic mass is 9.89. The van der Waals surface area contributed by atoms with Crippen molar-refractivity contribution >= 4 is 53.3 Å². The van der Waals surface area contributed by atoms with Gasteiger partial charge in [0, 0.05) is 47.1 Å². The average Bonchev–Trinajstić information content (AvgIpc) is 3.91. The van der Waals surface area contributed by atoms with Crippen LogP contribution in [0, 0.1) is 29.6 Å². The molecule has 2 aromatic rings. The van der Waals surface area contributed by atoms with Crippen LogP contribution >= 0.6 is 0 Å². The second kappa shape index (κ2) is 32.8. The van der Waals surface area contributed by atoms with E-state index < -0.39 is 114 Å². The first-order chi connectivity index (χ1) is 37.7. The summed E-state index contributed by atoms with van der Waals surface area (Å²) in [6.07, 6.45) is -0.736. The minimum atomic E-state index is -1.05. The monoisotopic (exact) mass is 1120 g/mol. The summed E-state index contributed by atoms with van der Waals surface area (Å²) >= 11 is 0. The highest BCUT2D eigenvalue weighted by Gasteiger charge is 2.44. The molecule has 0 aliphatic carbocycles. The van der Waals surface area contributed by atoms with E-state index in [0.29, 0.717) is 49.0 Å². The summed E-state index contributed by atoms with van der Waals surface area (Å²) in [5.74, 6) is -4.32. The van der Waals surface area contributed by atoms with Crippen LogP contribution in [0.1, 0.15) is 125 Å². The lowest BCUT2D eigenvalue weighted by molar-refractivity contribution is -0.148. The van der Waals surface area contributed by atoms with Gasteiger partial charge < -0.3 is 67.2 Å². The fourth-order valence-electron chi connectivity index (χ4n) is 10.2. The summed E-state index contributed by atoms with van der Waals surface area (Å²) in [6.45, 7) is 18.7. The number of rotatable bonds is 31. The van der Waals surface area contributed by atoms with Crippen molar-refractivity contribution in [3.05, 3.63) is 65.7 Å². The van der Waals surface area contributed by atoms with Crippen LogP contribution in [0.15, 0.2) is 54.6 Å². The van der Waals surface area contributed by atoms with Crippen molar-refractivity contribution in [3.63, 3.8) is 0 Å². The zero-order chi connectivity index (χ0) is 60.1. The third-order valence-corrected chi connectivity index (χ3v) is 15.3. The molecule has 0 bridgehead atoms. The number of likely N-dealkylation sites (N-methyl/N-ethyl adjacent to an activating group) is 2. The largest absolute Gasteiger partial charge is 0.445 e. The quantitative estimate of drug-likeness (QED) is 0.0485. The Bertz CT molecular complexity index is 2320. The zero-order valence-corrected chi connectivity index (χ0v) is 49.7. The topological polar surface area (TPSA) is 306 Å². The highest BCUT2D eigenvalue weighted by Crippen LogP contribution is 2.30. The van der Waals surface area contributed by atoms with Gasteiger partial charge in [0.1, 0.15) is 24.7 Å². The lowest BCUT2D eigenvalue weighted by Gasteiger charge is -2.41. The predicted molar refractivity (Wildman–Crippen MR) is 305 cm³/mol. The maximum absolute atomic E-state index is 14.7. The average molecular weight is 1120 g/mol. The molecule has 22 nitrogen and oxygen atoms in total. The molecular weight excluding hydrogens is 1030 g/mol. The number of benzene rings is 2. The summed E-state index contributed by atoms with van der Waals surface area (Å²) < 4.78 is 17.7. The third-order valence-electron chi connectivity index (χ3n) is 15.3. The van der Waals surface area contributed by atoms with E-state index in [1.165, 1.54) is 26.2 Å². The van der Waals surface area contributed by atoms with Crippen molar-refractivity contribution in [1.29, 1.82) is 0 Å². The number of methoxy groups -OCH3 is 2. The van der Waals surface area contributed by atoms with Gasteiger partial charge in [-0.05, 0) is 79.5 Å². The highest BCUT2D eigenvalue weighted by atomic mass is 16.6. The molecule has 0 aromatic heterocycles. The van der Waals surface area contributed by atoms with E-state index in [2.05, 4.69) is 26.6 Å². The standard InChI is InChI=1S/C58H94N10O12/c1-15-36(8)49(44(78-13)31-45(69)68-30-20-24-43(68)51(79-14)37(9)52(71)62-38(10)50(70)40-21-17-16-18-22-40)66(11)56(75)47(34(4)5)65-55(74)48(35(6)7)67(12)58(77)80-32-39-25-27-41(28-26-39)63-53(72)42(23-19-29-61-57(60)76)64-54(73)46(59)33(2)3/h16-18,21-22,25-28,33-38,42-44,46-51,70H,15,19-20,23-24,29-32,59H2,1-14H3,(H,62,71)(H,63,72)(H,64,73)(H,65,74)(H3,60,61,76)/t36-,37+,38+,42-,43-,44+,46?,47-,48-,49?,50+,51+/m0/s1. The maximum Gasteiger partial charge on any atom is 0.410 e. The van der Waals surface area contributed by atoms with Crippen LogP contribution in [-0.4, -0.2) is 163 Å². The number of likely N-dealkylation sites (tertiary alicyclic amines) is 1. The van der Waals surface area contributed by atoms with Gasteiger partial charge in [-0.3, -0.25) is 33.7 Å². The number of aliphatic hydroxyl groups excluding tert-OH is 1. The van der Waals surface area contributed by atoms with Crippen LogP contribution in [0.4, 0.5) is 15.3 Å². The second-order valence-electron chi connectivity index (χ2n) is 22.3. The van der Waals surface area contributed by atoms with Crippen molar-refractivity contribution in [2.45, 2.75) is 175 Å². The van der Waals surface area contributed by atoms with Crippen molar-refractivity contribution < 1.29 is 57.7 Å². The van der Waals surface area contributed by atoms with Gasteiger partial charge >= 0.3 is 12.1 Å². The first-order valence-electron chi connectivity index (χ1n) is 28.0. The molecule has 2 unspecified atom stereocenters. The summed E-state index contributed by atoms with van der Waals surface area (Å²) in [6, 6.07) is 9.37. The van der Waals surface area contributed by atoms with Crippen LogP contribution in [0.5, 0.6) is 0 Å². The number of primary amides is 1. The predicted octanol–water partition coefficient (Wildman–Crippen LogP) is 4.43. The molecule has 0 radical (unpaired) electrons. The molecule has 1 aliphatic heterocycles. The number of nitrogens with one attached hydrogen (secondary N) is 5. The first kappa shape index (κ1) is 67.9. The summed E-state index contributed by atoms with van der Waals surface area (Å²) in [5, 5.41) is 24.8. The molecule has 22 heteroatoms. The van der Waals surface area contributed by atoms with Crippen LogP contribution in [0.25, 0.3) is 0 Å². The zero-order valence-electron chi connectivity index (χ0n) is 49.7. The van der Waals surface area contributed by atoms with Crippen molar-refractivity contribution in [2.24, 2.45) is 41.1 Å². The minimum absolute atomic E-state index is 0.0747. The van der Waals surface area contributed by atoms with Crippen molar-refractivity contribution in [1.82, 2.24) is 36.0 Å². The summed E-state index contributed by atoms with van der Waals surface area (Å²) in [7, 11) is 6.12. The fraction of sp³-hybridized carbons (Fsp3) is 0.655. The SMILES string of the molecule is CC[C@H](C)C([C@@H](CC(=O)N1CCC[C@H]1[C@H](OC)[C@@H](C)C(=O)N[C@H](C)[C@@H](O)c1ccccc1)OC)N(C)C(=O)[C@@H](NC(=O)[C@H](C(C)C)N(C)C(=O)OCc1ccc(NC(=O)[C@H](CCCNC(N)=O)NC(=O)C(N)C(C)C)cc1)C(C)C. The van der Waals surface area contributed by atoms with E-state index >= 15 is 0 Å². The number of aliphatic hydroxyl groups is 1. The van der Waals surface area contributed by atoms with Crippen LogP contribution < -0.4 is 38.1 Å². The Morgan fingerprint density at radius 2 is 1.41 bits per heavy atom. The number of carbonyl (C=O) groups is 8. The van der Waals surface area contributed by atoms with E-state index in [1.807, 2.05) is 45.9 Å². The molecule has 0 saturated carbocycles. The Hall–Kier alpha value is -6.36. The molecule has 10 N–H and O–H groups in total. The Balaban J connectivity index is 1.70. The molecule has 9 amide bonds. The molecule has 448 valence electrons. The highest BCUT2D eigenvalue weighted by molar-refractivity contribution is 5.98. The Kier molecular flexibility index (Phi) is 27.8. The number of hydrogen-bond acceptors (Lipinski definition) is 13. The number of urea groups is 1. The molecule has 1 aliphatic rings. The molecular formula is C58H94N10O12. The molecule has 1 fully saturated rings. The van der Waals surface area contributed by atoms with Gasteiger partial charge in [-0.2, -0.15) is 0 Å². The first-order valence-corrected chi connectivity index (χ1v) is 28.0. The number of hydrogen-bond donors (Lipinski definition) is 8. The minimum Gasteiger partial charge on any atom is -0.445 e. The smallest absolute Gasteiger partial charge is 0.410 e. The Labute approximate surface area is 473 Å². The number of anilines is 1. The summed E-state index contributed by atoms with van der Waals surface area (Å²) in [5.41, 5.74) is 12.8. The van der Waals surface area contributed by atoms with Gasteiger partial charge in [-0.25, -0.2) is 9.59 Å². The van der Waals surface area contributed by atoms with Gasteiger partial charge in [0.05, 0.1) is 54.8 Å². The van der Waals surface area contributed by atoms with E-state index in [0.717, 1.165) is 0 Å². The maximum atomic E-state index is 14.7. The molecule has 3 rings (SSSR count). The number of ether oxygens (including phenoxy) is 3.